The largest absolute Gasteiger partial charge is 0.337 e. The van der Waals surface area contributed by atoms with Crippen LogP contribution >= 0.6 is 0 Å². The van der Waals surface area contributed by atoms with E-state index in [1.165, 1.54) is 33.0 Å². The van der Waals surface area contributed by atoms with Gasteiger partial charge in [-0.15, -0.1) is 0 Å². The molecule has 2 heterocycles. The lowest BCUT2D eigenvalue weighted by Crippen LogP contribution is -2.42. The topological polar surface area (TPSA) is 96.3 Å². The molecule has 1 aliphatic heterocycles. The first kappa shape index (κ1) is 19.3. The van der Waals surface area contributed by atoms with Gasteiger partial charge in [-0.05, 0) is 67.2 Å². The highest BCUT2D eigenvalue weighted by Gasteiger charge is 2.27. The molecule has 30 heavy (non-hydrogen) atoms. The molecular weight excluding hydrogens is 402 g/mol. The smallest absolute Gasteiger partial charge is 0.331 e. The molecular formula is C21H25N5O3S. The Morgan fingerprint density at radius 2 is 1.67 bits per heavy atom. The van der Waals surface area contributed by atoms with E-state index in [1.807, 2.05) is 0 Å². The second-order valence-corrected chi connectivity index (χ2v) is 9.36. The Kier molecular flexibility index (Phi) is 4.85. The zero-order valence-corrected chi connectivity index (χ0v) is 17.8. The van der Waals surface area contributed by atoms with Gasteiger partial charge < -0.3 is 10.2 Å². The number of nitrogens with zero attached hydrogens (tertiary/aromatic N) is 3. The van der Waals surface area contributed by atoms with Crippen LogP contribution in [0.15, 0.2) is 17.2 Å². The summed E-state index contributed by atoms with van der Waals surface area (Å²) in [6.07, 6.45) is 7.22. The van der Waals surface area contributed by atoms with Gasteiger partial charge in [0.25, 0.3) is 5.91 Å². The number of amides is 3. The standard InChI is InChI=1S/C21H25N5O3S/c1-25-17(20(27)26-9-4-10-26)12-18(23-25)30(29)24-21(28)22-19-15-7-2-5-13(15)11-14-6-3-8-16(14)19/h11-12H,2-10H2,1H3,(H2,22,24,28). The van der Waals surface area contributed by atoms with E-state index in [1.54, 1.807) is 11.9 Å². The van der Waals surface area contributed by atoms with Crippen LogP contribution in [0.3, 0.4) is 0 Å². The summed E-state index contributed by atoms with van der Waals surface area (Å²) in [5, 5.41) is 7.31. The lowest BCUT2D eigenvalue weighted by atomic mass is 9.99. The Balaban J connectivity index is 1.31. The summed E-state index contributed by atoms with van der Waals surface area (Å²) in [4.78, 5) is 26.8. The maximum absolute atomic E-state index is 12.7. The molecule has 8 nitrogen and oxygen atoms in total. The van der Waals surface area contributed by atoms with Gasteiger partial charge in [0.05, 0.1) is 0 Å². The molecule has 5 rings (SSSR count). The average molecular weight is 428 g/mol. The van der Waals surface area contributed by atoms with E-state index in [4.69, 9.17) is 0 Å². The molecule has 1 aromatic carbocycles. The molecule has 2 N–H and O–H groups in total. The van der Waals surface area contributed by atoms with E-state index in [0.717, 1.165) is 63.7 Å². The van der Waals surface area contributed by atoms with E-state index in [0.29, 0.717) is 5.69 Å². The highest BCUT2D eigenvalue weighted by Crippen LogP contribution is 2.38. The number of aryl methyl sites for hydroxylation is 3. The van der Waals surface area contributed by atoms with Gasteiger partial charge in [-0.3, -0.25) is 14.2 Å². The lowest BCUT2D eigenvalue weighted by molar-refractivity contribution is 0.0640. The first-order chi connectivity index (χ1) is 14.5. The fourth-order valence-electron chi connectivity index (χ4n) is 4.66. The van der Waals surface area contributed by atoms with Crippen molar-refractivity contribution in [3.05, 3.63) is 40.1 Å². The Labute approximate surface area is 177 Å². The first-order valence-corrected chi connectivity index (χ1v) is 11.7. The Bertz CT molecular complexity index is 1040. The van der Waals surface area contributed by atoms with Crippen molar-refractivity contribution < 1.29 is 13.8 Å². The second kappa shape index (κ2) is 7.54. The Morgan fingerprint density at radius 1 is 1.00 bits per heavy atom. The summed E-state index contributed by atoms with van der Waals surface area (Å²) in [6, 6.07) is 3.29. The number of carbonyl (C=O) groups excluding carboxylic acids is 2. The molecule has 0 saturated carbocycles. The van der Waals surface area contributed by atoms with Crippen molar-refractivity contribution in [3.8, 4) is 0 Å². The van der Waals surface area contributed by atoms with E-state index in [2.05, 4.69) is 21.2 Å². The fourth-order valence-corrected chi connectivity index (χ4v) is 5.39. The van der Waals surface area contributed by atoms with Crippen molar-refractivity contribution in [2.45, 2.75) is 50.0 Å². The fraction of sp³-hybridized carbons (Fsp3) is 0.476. The molecule has 1 aromatic heterocycles. The minimum absolute atomic E-state index is 0.126. The molecule has 3 amide bonds. The monoisotopic (exact) mass is 427 g/mol. The molecule has 9 heteroatoms. The highest BCUT2D eigenvalue weighted by molar-refractivity contribution is 7.83. The average Bonchev–Trinajstić information content (AvgIpc) is 3.38. The lowest BCUT2D eigenvalue weighted by Gasteiger charge is -2.30. The van der Waals surface area contributed by atoms with Crippen molar-refractivity contribution in [1.29, 1.82) is 0 Å². The number of carbonyl (C=O) groups is 2. The van der Waals surface area contributed by atoms with E-state index < -0.39 is 17.0 Å². The number of hydrogen-bond acceptors (Lipinski definition) is 4. The minimum Gasteiger partial charge on any atom is -0.337 e. The van der Waals surface area contributed by atoms with Crippen LogP contribution in [-0.2, 0) is 43.7 Å². The summed E-state index contributed by atoms with van der Waals surface area (Å²) in [6.45, 7) is 1.46. The highest BCUT2D eigenvalue weighted by atomic mass is 32.2. The summed E-state index contributed by atoms with van der Waals surface area (Å²) in [5.41, 5.74) is 6.37. The molecule has 0 spiro atoms. The molecule has 1 unspecified atom stereocenters. The van der Waals surface area contributed by atoms with Crippen LogP contribution in [0.2, 0.25) is 0 Å². The van der Waals surface area contributed by atoms with Gasteiger partial charge in [-0.1, -0.05) is 6.07 Å². The van der Waals surface area contributed by atoms with Gasteiger partial charge in [0.2, 0.25) is 0 Å². The maximum Gasteiger partial charge on any atom is 0.331 e. The molecule has 158 valence electrons. The molecule has 1 fully saturated rings. The van der Waals surface area contributed by atoms with Gasteiger partial charge in [0.1, 0.15) is 5.69 Å². The van der Waals surface area contributed by atoms with Gasteiger partial charge in [0, 0.05) is 31.9 Å². The van der Waals surface area contributed by atoms with Crippen LogP contribution in [0.25, 0.3) is 0 Å². The predicted molar refractivity (Wildman–Crippen MR) is 113 cm³/mol. The molecule has 0 bridgehead atoms. The number of fused-ring (bicyclic) bond motifs is 2. The van der Waals surface area contributed by atoms with Crippen molar-refractivity contribution in [2.75, 3.05) is 18.4 Å². The summed E-state index contributed by atoms with van der Waals surface area (Å²) in [7, 11) is -0.208. The third-order valence-corrected chi connectivity index (χ3v) is 7.26. The van der Waals surface area contributed by atoms with E-state index >= 15 is 0 Å². The van der Waals surface area contributed by atoms with E-state index in [9.17, 15) is 13.8 Å². The van der Waals surface area contributed by atoms with Gasteiger partial charge in [-0.2, -0.15) is 5.10 Å². The number of benzene rings is 1. The first-order valence-electron chi connectivity index (χ1n) is 10.5. The quantitative estimate of drug-likeness (QED) is 0.781. The molecule has 0 radical (unpaired) electrons. The normalized spacial score (nSPS) is 17.8. The van der Waals surface area contributed by atoms with Crippen LogP contribution in [0.4, 0.5) is 10.5 Å². The Hall–Kier alpha value is -2.68. The van der Waals surface area contributed by atoms with E-state index in [-0.39, 0.29) is 10.9 Å². The van der Waals surface area contributed by atoms with Crippen LogP contribution in [0, 0.1) is 0 Å². The number of likely N-dealkylation sites (tertiary alicyclic amines) is 1. The number of aromatic nitrogens is 2. The minimum atomic E-state index is -1.85. The SMILES string of the molecule is Cn1nc(S(=O)NC(=O)Nc2c3c(cc4c2CCC4)CCC3)cc1C(=O)N1CCC1. The summed E-state index contributed by atoms with van der Waals surface area (Å²) in [5.74, 6) is -0.126. The van der Waals surface area contributed by atoms with Gasteiger partial charge >= 0.3 is 6.03 Å². The zero-order chi connectivity index (χ0) is 20.8. The van der Waals surface area contributed by atoms with Gasteiger partial charge in [-0.25, -0.2) is 9.00 Å². The zero-order valence-electron chi connectivity index (χ0n) is 17.0. The predicted octanol–water partition coefficient (Wildman–Crippen LogP) is 2.09. The molecule has 1 saturated heterocycles. The molecule has 2 aliphatic carbocycles. The summed E-state index contributed by atoms with van der Waals surface area (Å²) >= 11 is 0. The van der Waals surface area contributed by atoms with Crippen LogP contribution < -0.4 is 10.0 Å². The Morgan fingerprint density at radius 3 is 2.27 bits per heavy atom. The van der Waals surface area contributed by atoms with Crippen LogP contribution in [-0.4, -0.2) is 43.9 Å². The maximum atomic E-state index is 12.7. The van der Waals surface area contributed by atoms with Crippen LogP contribution in [0.1, 0.15) is 52.0 Å². The molecule has 3 aliphatic rings. The number of urea groups is 1. The second-order valence-electron chi connectivity index (χ2n) is 8.20. The van der Waals surface area contributed by atoms with Crippen molar-refractivity contribution >= 4 is 28.6 Å². The number of anilines is 1. The molecule has 2 aromatic rings. The number of rotatable bonds is 4. The third-order valence-electron chi connectivity index (χ3n) is 6.31. The van der Waals surface area contributed by atoms with Crippen molar-refractivity contribution in [3.63, 3.8) is 0 Å². The molecule has 1 atom stereocenters. The van der Waals surface area contributed by atoms with Gasteiger partial charge in [0.15, 0.2) is 16.0 Å². The van der Waals surface area contributed by atoms with Crippen molar-refractivity contribution in [1.82, 2.24) is 19.4 Å². The number of nitrogens with one attached hydrogen (secondary N) is 2. The van der Waals surface area contributed by atoms with Crippen LogP contribution in [0.5, 0.6) is 0 Å². The summed E-state index contributed by atoms with van der Waals surface area (Å²) < 4.78 is 16.6. The number of hydrogen-bond donors (Lipinski definition) is 2. The van der Waals surface area contributed by atoms with Crippen molar-refractivity contribution in [2.24, 2.45) is 7.05 Å². The third kappa shape index (κ3) is 3.30.